The third-order valence-corrected chi connectivity index (χ3v) is 2.20. The molecule has 0 aliphatic heterocycles. The summed E-state index contributed by atoms with van der Waals surface area (Å²) in [6, 6.07) is 0.989. The topological polar surface area (TPSA) is 123 Å². The summed E-state index contributed by atoms with van der Waals surface area (Å²) in [4.78, 5) is 35.6. The SMILES string of the molecule is CC(=O)NCCNC(=O)Nc1cc(C)[nH]c1C(=O)O. The van der Waals surface area contributed by atoms with Crippen LogP contribution in [0.25, 0.3) is 0 Å². The molecular formula is C11H16N4O4. The van der Waals surface area contributed by atoms with Crippen LogP contribution in [-0.2, 0) is 4.79 Å². The number of aryl methyl sites for hydroxylation is 1. The van der Waals surface area contributed by atoms with E-state index in [1.807, 2.05) is 0 Å². The summed E-state index contributed by atoms with van der Waals surface area (Å²) in [6.07, 6.45) is 0. The van der Waals surface area contributed by atoms with Crippen molar-refractivity contribution in [1.82, 2.24) is 15.6 Å². The molecule has 1 heterocycles. The second-order valence-corrected chi connectivity index (χ2v) is 3.91. The first-order valence-electron chi connectivity index (χ1n) is 5.62. The third-order valence-electron chi connectivity index (χ3n) is 2.20. The van der Waals surface area contributed by atoms with Gasteiger partial charge in [0.05, 0.1) is 5.69 Å². The first-order chi connectivity index (χ1) is 8.90. The van der Waals surface area contributed by atoms with Crippen LogP contribution in [0.4, 0.5) is 10.5 Å². The lowest BCUT2D eigenvalue weighted by Gasteiger charge is -2.07. The molecule has 0 saturated heterocycles. The molecular weight excluding hydrogens is 252 g/mol. The van der Waals surface area contributed by atoms with Crippen LogP contribution < -0.4 is 16.0 Å². The predicted octanol–water partition coefficient (Wildman–Crippen LogP) is 0.279. The molecule has 8 heteroatoms. The quantitative estimate of drug-likeness (QED) is 0.492. The van der Waals surface area contributed by atoms with Gasteiger partial charge in [-0.1, -0.05) is 0 Å². The molecule has 0 aliphatic rings. The highest BCUT2D eigenvalue weighted by Crippen LogP contribution is 2.16. The lowest BCUT2D eigenvalue weighted by molar-refractivity contribution is -0.118. The van der Waals surface area contributed by atoms with E-state index in [-0.39, 0.29) is 23.8 Å². The molecule has 1 rings (SSSR count). The number of hydrogen-bond donors (Lipinski definition) is 5. The third kappa shape index (κ3) is 4.70. The van der Waals surface area contributed by atoms with E-state index in [1.165, 1.54) is 13.0 Å². The van der Waals surface area contributed by atoms with Crippen molar-refractivity contribution in [3.05, 3.63) is 17.5 Å². The lowest BCUT2D eigenvalue weighted by atomic mass is 10.3. The summed E-state index contributed by atoms with van der Waals surface area (Å²) in [6.45, 7) is 3.62. The molecule has 0 fully saturated rings. The number of nitrogens with one attached hydrogen (secondary N) is 4. The van der Waals surface area contributed by atoms with Crippen LogP contribution in [0.5, 0.6) is 0 Å². The Kier molecular flexibility index (Phi) is 4.92. The van der Waals surface area contributed by atoms with Gasteiger partial charge >= 0.3 is 12.0 Å². The maximum Gasteiger partial charge on any atom is 0.354 e. The van der Waals surface area contributed by atoms with Crippen LogP contribution in [0.3, 0.4) is 0 Å². The van der Waals surface area contributed by atoms with E-state index in [9.17, 15) is 14.4 Å². The van der Waals surface area contributed by atoms with Crippen molar-refractivity contribution in [1.29, 1.82) is 0 Å². The van der Waals surface area contributed by atoms with Crippen molar-refractivity contribution in [2.45, 2.75) is 13.8 Å². The minimum atomic E-state index is -1.15. The number of carbonyl (C=O) groups excluding carboxylic acids is 2. The monoisotopic (exact) mass is 268 g/mol. The average Bonchev–Trinajstić information content (AvgIpc) is 2.65. The molecule has 104 valence electrons. The number of carboxylic acids is 1. The zero-order chi connectivity index (χ0) is 14.4. The molecule has 8 nitrogen and oxygen atoms in total. The van der Waals surface area contributed by atoms with Crippen molar-refractivity contribution >= 4 is 23.6 Å². The van der Waals surface area contributed by atoms with Crippen LogP contribution in [0.2, 0.25) is 0 Å². The van der Waals surface area contributed by atoms with Gasteiger partial charge in [-0.05, 0) is 13.0 Å². The van der Waals surface area contributed by atoms with E-state index in [0.717, 1.165) is 0 Å². The number of carbonyl (C=O) groups is 3. The molecule has 0 aliphatic carbocycles. The summed E-state index contributed by atoms with van der Waals surface area (Å²) in [5.74, 6) is -1.33. The van der Waals surface area contributed by atoms with Gasteiger partial charge in [-0.2, -0.15) is 0 Å². The Balaban J connectivity index is 2.48. The number of anilines is 1. The van der Waals surface area contributed by atoms with Gasteiger partial charge in [0.25, 0.3) is 0 Å². The summed E-state index contributed by atoms with van der Waals surface area (Å²) < 4.78 is 0. The minimum Gasteiger partial charge on any atom is -0.477 e. The number of aromatic nitrogens is 1. The van der Waals surface area contributed by atoms with Gasteiger partial charge in [0.15, 0.2) is 0 Å². The molecule has 1 aromatic rings. The van der Waals surface area contributed by atoms with Crippen LogP contribution in [0.15, 0.2) is 6.07 Å². The van der Waals surface area contributed by atoms with E-state index < -0.39 is 12.0 Å². The Hall–Kier alpha value is -2.51. The minimum absolute atomic E-state index is 0.0745. The summed E-state index contributed by atoms with van der Waals surface area (Å²) in [5, 5.41) is 16.3. The van der Waals surface area contributed by atoms with Crippen LogP contribution in [-0.4, -0.2) is 41.1 Å². The number of amides is 3. The maximum atomic E-state index is 11.5. The Morgan fingerprint density at radius 3 is 2.47 bits per heavy atom. The molecule has 0 unspecified atom stereocenters. The molecule has 0 atom stereocenters. The van der Waals surface area contributed by atoms with Gasteiger partial charge in [-0.3, -0.25) is 4.79 Å². The van der Waals surface area contributed by atoms with Gasteiger partial charge in [0.1, 0.15) is 5.69 Å². The van der Waals surface area contributed by atoms with Gasteiger partial charge in [-0.15, -0.1) is 0 Å². The van der Waals surface area contributed by atoms with E-state index in [2.05, 4.69) is 20.9 Å². The summed E-state index contributed by atoms with van der Waals surface area (Å²) >= 11 is 0. The highest BCUT2D eigenvalue weighted by atomic mass is 16.4. The number of rotatable bonds is 5. The molecule has 1 aromatic heterocycles. The fourth-order valence-corrected chi connectivity index (χ4v) is 1.44. The van der Waals surface area contributed by atoms with Gasteiger partial charge in [0.2, 0.25) is 5.91 Å². The largest absolute Gasteiger partial charge is 0.477 e. The van der Waals surface area contributed by atoms with Crippen LogP contribution >= 0.6 is 0 Å². The van der Waals surface area contributed by atoms with E-state index in [1.54, 1.807) is 6.92 Å². The second kappa shape index (κ2) is 6.43. The Morgan fingerprint density at radius 1 is 1.26 bits per heavy atom. The molecule has 5 N–H and O–H groups in total. The van der Waals surface area contributed by atoms with Gasteiger partial charge in [0, 0.05) is 25.7 Å². The van der Waals surface area contributed by atoms with Crippen molar-refractivity contribution in [2.75, 3.05) is 18.4 Å². The Morgan fingerprint density at radius 2 is 1.89 bits per heavy atom. The standard InChI is InChI=1S/C11H16N4O4/c1-6-5-8(9(14-6)10(17)18)15-11(19)13-4-3-12-7(2)16/h5,14H,3-4H2,1-2H3,(H,12,16)(H,17,18)(H2,13,15,19). The zero-order valence-corrected chi connectivity index (χ0v) is 10.7. The van der Waals surface area contributed by atoms with Crippen molar-refractivity contribution < 1.29 is 19.5 Å². The van der Waals surface area contributed by atoms with Crippen molar-refractivity contribution in [3.8, 4) is 0 Å². The first kappa shape index (κ1) is 14.6. The fraction of sp³-hybridized carbons (Fsp3) is 0.364. The van der Waals surface area contributed by atoms with Crippen LogP contribution in [0, 0.1) is 6.92 Å². The van der Waals surface area contributed by atoms with E-state index in [0.29, 0.717) is 12.2 Å². The summed E-state index contributed by atoms with van der Waals surface area (Å²) in [7, 11) is 0. The number of hydrogen-bond acceptors (Lipinski definition) is 3. The molecule has 0 saturated carbocycles. The number of carboxylic acid groups (broad SMARTS) is 1. The normalized spacial score (nSPS) is 9.79. The van der Waals surface area contributed by atoms with E-state index in [4.69, 9.17) is 5.11 Å². The average molecular weight is 268 g/mol. The molecule has 0 bridgehead atoms. The molecule has 0 aromatic carbocycles. The summed E-state index contributed by atoms with van der Waals surface area (Å²) in [5.41, 5.74) is 0.752. The smallest absolute Gasteiger partial charge is 0.354 e. The van der Waals surface area contributed by atoms with Crippen molar-refractivity contribution in [2.24, 2.45) is 0 Å². The molecule has 19 heavy (non-hydrogen) atoms. The second-order valence-electron chi connectivity index (χ2n) is 3.91. The lowest BCUT2D eigenvalue weighted by Crippen LogP contribution is -2.36. The molecule has 3 amide bonds. The first-order valence-corrected chi connectivity index (χ1v) is 5.62. The highest BCUT2D eigenvalue weighted by molar-refractivity contribution is 5.99. The molecule has 0 spiro atoms. The van der Waals surface area contributed by atoms with Crippen LogP contribution in [0.1, 0.15) is 23.1 Å². The van der Waals surface area contributed by atoms with Crippen molar-refractivity contribution in [3.63, 3.8) is 0 Å². The zero-order valence-electron chi connectivity index (χ0n) is 10.7. The predicted molar refractivity (Wildman–Crippen MR) is 68.2 cm³/mol. The maximum absolute atomic E-state index is 11.5. The Bertz CT molecular complexity index is 495. The number of H-pyrrole nitrogens is 1. The number of aromatic amines is 1. The highest BCUT2D eigenvalue weighted by Gasteiger charge is 2.14. The Labute approximate surface area is 109 Å². The number of urea groups is 1. The van der Waals surface area contributed by atoms with Gasteiger partial charge in [-0.25, -0.2) is 9.59 Å². The molecule has 0 radical (unpaired) electrons. The number of aromatic carboxylic acids is 1. The fourth-order valence-electron chi connectivity index (χ4n) is 1.44. The van der Waals surface area contributed by atoms with Gasteiger partial charge < -0.3 is 26.0 Å². The van der Waals surface area contributed by atoms with E-state index >= 15 is 0 Å².